The second kappa shape index (κ2) is 5.54. The maximum Gasteiger partial charge on any atom is 0.161 e. The van der Waals surface area contributed by atoms with E-state index in [1.807, 2.05) is 43.3 Å². The van der Waals surface area contributed by atoms with E-state index in [1.165, 1.54) is 0 Å². The minimum absolute atomic E-state index is 0.175. The molecule has 2 aromatic carbocycles. The first-order chi connectivity index (χ1) is 10.1. The number of aromatic hydroxyl groups is 1. The van der Waals surface area contributed by atoms with Gasteiger partial charge < -0.3 is 5.11 Å². The van der Waals surface area contributed by atoms with Crippen molar-refractivity contribution in [3.05, 3.63) is 65.3 Å². The van der Waals surface area contributed by atoms with Crippen molar-refractivity contribution in [3.8, 4) is 28.4 Å². The van der Waals surface area contributed by atoms with Gasteiger partial charge in [0.25, 0.3) is 0 Å². The normalized spacial score (nSPS) is 10.6. The molecule has 3 rings (SSSR count). The lowest BCUT2D eigenvalue weighted by Gasteiger charge is -2.09. The molecule has 1 heterocycles. The lowest BCUT2D eigenvalue weighted by molar-refractivity contribution is 0.475. The van der Waals surface area contributed by atoms with Gasteiger partial charge >= 0.3 is 0 Å². The lowest BCUT2D eigenvalue weighted by Crippen LogP contribution is -1.97. The third-order valence-electron chi connectivity index (χ3n) is 3.24. The quantitative estimate of drug-likeness (QED) is 0.709. The smallest absolute Gasteiger partial charge is 0.161 e. The van der Waals surface area contributed by atoms with Gasteiger partial charge in [-0.2, -0.15) is 0 Å². The maximum absolute atomic E-state index is 9.60. The molecule has 0 radical (unpaired) electrons. The Hall–Kier alpha value is -2.39. The number of halogens is 1. The number of nitrogens with zero attached hydrogens (tertiary/aromatic N) is 2. The van der Waals surface area contributed by atoms with E-state index in [4.69, 9.17) is 11.6 Å². The first-order valence-corrected chi connectivity index (χ1v) is 6.92. The van der Waals surface area contributed by atoms with E-state index in [1.54, 1.807) is 18.2 Å². The highest BCUT2D eigenvalue weighted by Gasteiger charge is 2.12. The first-order valence-electron chi connectivity index (χ1n) is 6.54. The Bertz CT molecular complexity index is 788. The van der Waals surface area contributed by atoms with Gasteiger partial charge in [0.1, 0.15) is 10.9 Å². The van der Waals surface area contributed by atoms with Crippen LogP contribution < -0.4 is 0 Å². The van der Waals surface area contributed by atoms with E-state index in [-0.39, 0.29) is 5.75 Å². The van der Waals surface area contributed by atoms with E-state index in [2.05, 4.69) is 9.97 Å². The van der Waals surface area contributed by atoms with Crippen molar-refractivity contribution in [1.29, 1.82) is 0 Å². The molecule has 21 heavy (non-hydrogen) atoms. The zero-order valence-electron chi connectivity index (χ0n) is 11.4. The van der Waals surface area contributed by atoms with Crippen LogP contribution in [-0.4, -0.2) is 15.1 Å². The molecule has 1 N–H and O–H groups in total. The zero-order chi connectivity index (χ0) is 14.8. The average Bonchev–Trinajstić information content (AvgIpc) is 2.51. The molecular weight excluding hydrogens is 284 g/mol. The van der Waals surface area contributed by atoms with E-state index in [0.717, 1.165) is 22.4 Å². The van der Waals surface area contributed by atoms with Crippen LogP contribution in [0.5, 0.6) is 5.75 Å². The second-order valence-electron chi connectivity index (χ2n) is 4.73. The molecule has 0 aliphatic heterocycles. The monoisotopic (exact) mass is 296 g/mol. The third-order valence-corrected chi connectivity index (χ3v) is 3.61. The fraction of sp³-hybridized carbons (Fsp3) is 0.0588. The first kappa shape index (κ1) is 13.6. The predicted molar refractivity (Wildman–Crippen MR) is 84.3 cm³/mol. The van der Waals surface area contributed by atoms with Gasteiger partial charge in [0.2, 0.25) is 0 Å². The van der Waals surface area contributed by atoms with Crippen molar-refractivity contribution in [3.63, 3.8) is 0 Å². The molecule has 0 aliphatic carbocycles. The van der Waals surface area contributed by atoms with E-state index < -0.39 is 0 Å². The van der Waals surface area contributed by atoms with Gasteiger partial charge in [-0.1, -0.05) is 54.1 Å². The molecule has 0 bridgehead atoms. The van der Waals surface area contributed by atoms with Crippen molar-refractivity contribution in [2.24, 2.45) is 0 Å². The molecule has 104 valence electrons. The number of rotatable bonds is 2. The summed E-state index contributed by atoms with van der Waals surface area (Å²) in [6, 6.07) is 16.7. The topological polar surface area (TPSA) is 46.0 Å². The molecule has 0 fully saturated rings. The van der Waals surface area contributed by atoms with Crippen molar-refractivity contribution in [1.82, 2.24) is 9.97 Å². The molecule has 1 aromatic heterocycles. The fourth-order valence-corrected chi connectivity index (χ4v) is 2.31. The zero-order valence-corrected chi connectivity index (χ0v) is 12.2. The molecule has 0 aliphatic rings. The SMILES string of the molecule is Cc1c(Cl)nc(-c2cccc(O)c2)nc1-c1ccccc1. The Balaban J connectivity index is 2.19. The van der Waals surface area contributed by atoms with E-state index in [9.17, 15) is 5.11 Å². The van der Waals surface area contributed by atoms with Crippen LogP contribution >= 0.6 is 11.6 Å². The van der Waals surface area contributed by atoms with E-state index in [0.29, 0.717) is 11.0 Å². The number of hydrogen-bond acceptors (Lipinski definition) is 3. The van der Waals surface area contributed by atoms with Gasteiger partial charge in [0.05, 0.1) is 5.69 Å². The Morgan fingerprint density at radius 1 is 0.905 bits per heavy atom. The van der Waals surface area contributed by atoms with Crippen LogP contribution in [0.1, 0.15) is 5.56 Å². The summed E-state index contributed by atoms with van der Waals surface area (Å²) in [5.41, 5.74) is 3.36. The van der Waals surface area contributed by atoms with Gasteiger partial charge in [-0.05, 0) is 19.1 Å². The lowest BCUT2D eigenvalue weighted by atomic mass is 10.1. The highest BCUT2D eigenvalue weighted by Crippen LogP contribution is 2.29. The second-order valence-corrected chi connectivity index (χ2v) is 5.09. The van der Waals surface area contributed by atoms with Crippen LogP contribution in [-0.2, 0) is 0 Å². The van der Waals surface area contributed by atoms with Crippen molar-refractivity contribution in [2.45, 2.75) is 6.92 Å². The highest BCUT2D eigenvalue weighted by molar-refractivity contribution is 6.30. The van der Waals surface area contributed by atoms with Crippen LogP contribution in [0.15, 0.2) is 54.6 Å². The number of phenolic OH excluding ortho intramolecular Hbond substituents is 1. The number of benzene rings is 2. The van der Waals surface area contributed by atoms with Crippen LogP contribution in [0.4, 0.5) is 0 Å². The molecule has 3 aromatic rings. The summed E-state index contributed by atoms with van der Waals surface area (Å²) in [6.07, 6.45) is 0. The molecule has 0 saturated carbocycles. The number of phenols is 1. The standard InChI is InChI=1S/C17H13ClN2O/c1-11-15(12-6-3-2-4-7-12)19-17(20-16(11)18)13-8-5-9-14(21)10-13/h2-10,21H,1H3. The van der Waals surface area contributed by atoms with Crippen LogP contribution in [0.2, 0.25) is 5.15 Å². The number of aromatic nitrogens is 2. The van der Waals surface area contributed by atoms with Crippen LogP contribution in [0, 0.1) is 6.92 Å². The molecule has 0 unspecified atom stereocenters. The van der Waals surface area contributed by atoms with Crippen LogP contribution in [0.3, 0.4) is 0 Å². The van der Waals surface area contributed by atoms with Gasteiger partial charge in [-0.25, -0.2) is 9.97 Å². The summed E-state index contributed by atoms with van der Waals surface area (Å²) in [7, 11) is 0. The summed E-state index contributed by atoms with van der Waals surface area (Å²) in [6.45, 7) is 1.90. The van der Waals surface area contributed by atoms with Gasteiger partial charge in [0.15, 0.2) is 5.82 Å². The predicted octanol–water partition coefficient (Wildman–Crippen LogP) is 4.48. The summed E-state index contributed by atoms with van der Waals surface area (Å²) in [4.78, 5) is 8.92. The Morgan fingerprint density at radius 2 is 1.62 bits per heavy atom. The van der Waals surface area contributed by atoms with Crippen molar-refractivity contribution < 1.29 is 5.11 Å². The van der Waals surface area contributed by atoms with Crippen LogP contribution in [0.25, 0.3) is 22.6 Å². The molecule has 0 amide bonds. The molecule has 4 heteroatoms. The van der Waals surface area contributed by atoms with E-state index >= 15 is 0 Å². The average molecular weight is 297 g/mol. The molecule has 0 spiro atoms. The van der Waals surface area contributed by atoms with Gasteiger partial charge in [-0.15, -0.1) is 0 Å². The number of hydrogen-bond donors (Lipinski definition) is 1. The van der Waals surface area contributed by atoms with Gasteiger partial charge in [-0.3, -0.25) is 0 Å². The maximum atomic E-state index is 9.60. The Morgan fingerprint density at radius 3 is 2.33 bits per heavy atom. The Kier molecular flexibility index (Phi) is 3.59. The summed E-state index contributed by atoms with van der Waals surface area (Å²) in [5, 5.41) is 10.0. The minimum Gasteiger partial charge on any atom is -0.508 e. The van der Waals surface area contributed by atoms with Crippen molar-refractivity contribution in [2.75, 3.05) is 0 Å². The molecular formula is C17H13ClN2O. The molecule has 0 atom stereocenters. The molecule has 0 saturated heterocycles. The molecule has 3 nitrogen and oxygen atoms in total. The summed E-state index contributed by atoms with van der Waals surface area (Å²) < 4.78 is 0. The highest BCUT2D eigenvalue weighted by atomic mass is 35.5. The third kappa shape index (κ3) is 2.73. The summed E-state index contributed by atoms with van der Waals surface area (Å²) in [5.74, 6) is 0.675. The van der Waals surface area contributed by atoms with Gasteiger partial charge in [0, 0.05) is 16.7 Å². The Labute approximate surface area is 127 Å². The summed E-state index contributed by atoms with van der Waals surface area (Å²) >= 11 is 6.24. The largest absolute Gasteiger partial charge is 0.508 e. The van der Waals surface area contributed by atoms with Crippen molar-refractivity contribution >= 4 is 11.6 Å². The minimum atomic E-state index is 0.175. The fourth-order valence-electron chi connectivity index (χ4n) is 2.14.